The van der Waals surface area contributed by atoms with Gasteiger partial charge in [0.2, 0.25) is 0 Å². The first-order valence-corrected chi connectivity index (χ1v) is 8.09. The predicted molar refractivity (Wildman–Crippen MR) is 92.1 cm³/mol. The number of aryl methyl sites for hydroxylation is 1. The summed E-state index contributed by atoms with van der Waals surface area (Å²) in [6.07, 6.45) is 1.47. The van der Waals surface area contributed by atoms with Crippen molar-refractivity contribution >= 4 is 22.6 Å². The van der Waals surface area contributed by atoms with E-state index in [1.165, 1.54) is 0 Å². The van der Waals surface area contributed by atoms with Crippen LogP contribution in [0.5, 0.6) is 5.75 Å². The maximum atomic E-state index is 9.07. The molecule has 2 aromatic carbocycles. The van der Waals surface area contributed by atoms with Crippen molar-refractivity contribution in [3.63, 3.8) is 0 Å². The Hall–Kier alpha value is -2.04. The third-order valence-electron chi connectivity index (χ3n) is 3.69. The van der Waals surface area contributed by atoms with Crippen LogP contribution in [0, 0.1) is 0 Å². The molecule has 120 valence electrons. The van der Waals surface area contributed by atoms with Crippen LogP contribution in [-0.4, -0.2) is 27.9 Å². The molecule has 0 atom stereocenters. The van der Waals surface area contributed by atoms with Crippen molar-refractivity contribution in [3.05, 3.63) is 59.4 Å². The minimum Gasteiger partial charge on any atom is -0.492 e. The summed E-state index contributed by atoms with van der Waals surface area (Å²) in [5, 5.41) is 9.77. The van der Waals surface area contributed by atoms with Gasteiger partial charge in [-0.1, -0.05) is 23.7 Å². The van der Waals surface area contributed by atoms with E-state index in [0.717, 1.165) is 29.0 Å². The largest absolute Gasteiger partial charge is 0.492 e. The summed E-state index contributed by atoms with van der Waals surface area (Å²) in [7, 11) is 0. The SMILES string of the molecule is OCCCc1nc2ccccc2n1CCOc1ccc(Cl)cc1. The molecule has 3 aromatic rings. The summed E-state index contributed by atoms with van der Waals surface area (Å²) >= 11 is 5.87. The Morgan fingerprint density at radius 3 is 2.65 bits per heavy atom. The number of imidazole rings is 1. The molecule has 1 N–H and O–H groups in total. The van der Waals surface area contributed by atoms with E-state index in [9.17, 15) is 0 Å². The van der Waals surface area contributed by atoms with Gasteiger partial charge in [-0.25, -0.2) is 4.98 Å². The molecule has 23 heavy (non-hydrogen) atoms. The number of fused-ring (bicyclic) bond motifs is 1. The van der Waals surface area contributed by atoms with Gasteiger partial charge in [-0.15, -0.1) is 0 Å². The van der Waals surface area contributed by atoms with Crippen molar-refractivity contribution < 1.29 is 9.84 Å². The molecule has 4 nitrogen and oxygen atoms in total. The average molecular weight is 331 g/mol. The van der Waals surface area contributed by atoms with Crippen LogP contribution in [0.1, 0.15) is 12.2 Å². The predicted octanol–water partition coefficient (Wildman–Crippen LogP) is 3.69. The number of aliphatic hydroxyl groups is 1. The maximum Gasteiger partial charge on any atom is 0.119 e. The highest BCUT2D eigenvalue weighted by atomic mass is 35.5. The van der Waals surface area contributed by atoms with Gasteiger partial charge in [0.25, 0.3) is 0 Å². The number of nitrogens with zero attached hydrogens (tertiary/aromatic N) is 2. The topological polar surface area (TPSA) is 47.3 Å². The van der Waals surface area contributed by atoms with Crippen LogP contribution in [0.3, 0.4) is 0 Å². The average Bonchev–Trinajstić information content (AvgIpc) is 2.93. The van der Waals surface area contributed by atoms with Crippen LogP contribution in [0.2, 0.25) is 5.02 Å². The molecule has 0 radical (unpaired) electrons. The summed E-state index contributed by atoms with van der Waals surface area (Å²) < 4.78 is 7.95. The summed E-state index contributed by atoms with van der Waals surface area (Å²) in [4.78, 5) is 4.67. The van der Waals surface area contributed by atoms with Crippen molar-refractivity contribution in [2.45, 2.75) is 19.4 Å². The van der Waals surface area contributed by atoms with E-state index >= 15 is 0 Å². The summed E-state index contributed by atoms with van der Waals surface area (Å²) in [5.41, 5.74) is 2.08. The van der Waals surface area contributed by atoms with Crippen molar-refractivity contribution in [2.75, 3.05) is 13.2 Å². The van der Waals surface area contributed by atoms with Crippen molar-refractivity contribution in [3.8, 4) is 5.75 Å². The lowest BCUT2D eigenvalue weighted by molar-refractivity contribution is 0.283. The zero-order chi connectivity index (χ0) is 16.1. The van der Waals surface area contributed by atoms with Gasteiger partial charge in [0.05, 0.1) is 17.6 Å². The Morgan fingerprint density at radius 1 is 1.09 bits per heavy atom. The number of rotatable bonds is 7. The fraction of sp³-hybridized carbons (Fsp3) is 0.278. The fourth-order valence-corrected chi connectivity index (χ4v) is 2.71. The number of ether oxygens (including phenoxy) is 1. The number of hydrogen-bond acceptors (Lipinski definition) is 3. The van der Waals surface area contributed by atoms with E-state index in [4.69, 9.17) is 21.4 Å². The first kappa shape index (κ1) is 15.8. The highest BCUT2D eigenvalue weighted by molar-refractivity contribution is 6.30. The van der Waals surface area contributed by atoms with Crippen LogP contribution < -0.4 is 4.74 Å². The molecular weight excluding hydrogens is 312 g/mol. The lowest BCUT2D eigenvalue weighted by atomic mass is 10.3. The van der Waals surface area contributed by atoms with Gasteiger partial charge in [0.1, 0.15) is 18.2 Å². The molecule has 0 bridgehead atoms. The van der Waals surface area contributed by atoms with Gasteiger partial charge < -0.3 is 14.4 Å². The normalized spacial score (nSPS) is 11.0. The van der Waals surface area contributed by atoms with Gasteiger partial charge in [-0.2, -0.15) is 0 Å². The van der Waals surface area contributed by atoms with E-state index in [1.54, 1.807) is 0 Å². The fourth-order valence-electron chi connectivity index (χ4n) is 2.59. The second-order valence-electron chi connectivity index (χ2n) is 5.30. The van der Waals surface area contributed by atoms with Crippen molar-refractivity contribution in [1.82, 2.24) is 9.55 Å². The highest BCUT2D eigenvalue weighted by Crippen LogP contribution is 2.18. The molecular formula is C18H19ClN2O2. The molecule has 0 amide bonds. The Morgan fingerprint density at radius 2 is 1.87 bits per heavy atom. The van der Waals surface area contributed by atoms with E-state index in [2.05, 4.69) is 15.6 Å². The van der Waals surface area contributed by atoms with E-state index < -0.39 is 0 Å². The minimum atomic E-state index is 0.171. The molecule has 0 aliphatic carbocycles. The molecule has 1 aromatic heterocycles. The molecule has 0 aliphatic heterocycles. The molecule has 0 fully saturated rings. The van der Waals surface area contributed by atoms with Gasteiger partial charge in [-0.3, -0.25) is 0 Å². The highest BCUT2D eigenvalue weighted by Gasteiger charge is 2.10. The zero-order valence-electron chi connectivity index (χ0n) is 12.8. The van der Waals surface area contributed by atoms with Crippen molar-refractivity contribution in [1.29, 1.82) is 0 Å². The third-order valence-corrected chi connectivity index (χ3v) is 3.94. The second kappa shape index (κ2) is 7.49. The van der Waals surface area contributed by atoms with E-state index in [0.29, 0.717) is 24.6 Å². The van der Waals surface area contributed by atoms with Crippen LogP contribution in [0.15, 0.2) is 48.5 Å². The smallest absolute Gasteiger partial charge is 0.119 e. The third kappa shape index (κ3) is 3.84. The van der Waals surface area contributed by atoms with Gasteiger partial charge >= 0.3 is 0 Å². The Balaban J connectivity index is 1.73. The van der Waals surface area contributed by atoms with Crippen LogP contribution in [0.25, 0.3) is 11.0 Å². The number of halogens is 1. The van der Waals surface area contributed by atoms with Gasteiger partial charge in [0, 0.05) is 18.1 Å². The molecule has 0 spiro atoms. The maximum absolute atomic E-state index is 9.07. The molecule has 3 rings (SSSR count). The van der Waals surface area contributed by atoms with Crippen LogP contribution in [-0.2, 0) is 13.0 Å². The van der Waals surface area contributed by atoms with E-state index in [1.807, 2.05) is 42.5 Å². The lowest BCUT2D eigenvalue weighted by Gasteiger charge is -2.10. The van der Waals surface area contributed by atoms with E-state index in [-0.39, 0.29) is 6.61 Å². The Labute approximate surface area is 140 Å². The van der Waals surface area contributed by atoms with Crippen LogP contribution in [0.4, 0.5) is 0 Å². The number of benzene rings is 2. The molecule has 1 heterocycles. The minimum absolute atomic E-state index is 0.171. The first-order valence-electron chi connectivity index (χ1n) is 7.71. The second-order valence-corrected chi connectivity index (χ2v) is 5.73. The molecule has 0 saturated heterocycles. The Kier molecular flexibility index (Phi) is 5.16. The van der Waals surface area contributed by atoms with Crippen LogP contribution >= 0.6 is 11.6 Å². The molecule has 0 aliphatic rings. The quantitative estimate of drug-likeness (QED) is 0.718. The lowest BCUT2D eigenvalue weighted by Crippen LogP contribution is -2.11. The summed E-state index contributed by atoms with van der Waals surface area (Å²) in [5.74, 6) is 1.79. The molecule has 0 unspecified atom stereocenters. The number of hydrogen-bond donors (Lipinski definition) is 1. The first-order chi connectivity index (χ1) is 11.3. The zero-order valence-corrected chi connectivity index (χ0v) is 13.5. The van der Waals surface area contributed by atoms with Gasteiger partial charge in [0.15, 0.2) is 0 Å². The van der Waals surface area contributed by atoms with Gasteiger partial charge in [-0.05, 0) is 42.8 Å². The number of aromatic nitrogens is 2. The number of para-hydroxylation sites is 2. The standard InChI is InChI=1S/C18H19ClN2O2/c19-14-7-9-15(10-8-14)23-13-11-21-17-5-2-1-4-16(17)20-18(21)6-3-12-22/h1-2,4-5,7-10,22H,3,6,11-13H2. The molecule has 0 saturated carbocycles. The molecule has 5 heteroatoms. The Bertz CT molecular complexity index is 768. The summed E-state index contributed by atoms with van der Waals surface area (Å²) in [6, 6.07) is 15.4. The monoisotopic (exact) mass is 330 g/mol. The number of aliphatic hydroxyl groups excluding tert-OH is 1. The summed E-state index contributed by atoms with van der Waals surface area (Å²) in [6.45, 7) is 1.43. The van der Waals surface area contributed by atoms with Crippen molar-refractivity contribution in [2.24, 2.45) is 0 Å².